The van der Waals surface area contributed by atoms with Gasteiger partial charge in [0.15, 0.2) is 0 Å². The van der Waals surface area contributed by atoms with E-state index in [4.69, 9.17) is 0 Å². The molecular weight excluding hydrogens is 248 g/mol. The summed E-state index contributed by atoms with van der Waals surface area (Å²) in [7, 11) is -3.05. The number of hydrogen-bond donors (Lipinski definition) is 1. The summed E-state index contributed by atoms with van der Waals surface area (Å²) in [6, 6.07) is 0.717. The summed E-state index contributed by atoms with van der Waals surface area (Å²) in [5, 5.41) is 3.41. The Labute approximate surface area is 112 Å². The lowest BCUT2D eigenvalue weighted by molar-refractivity contribution is 0.380. The van der Waals surface area contributed by atoms with Crippen LogP contribution in [-0.4, -0.2) is 44.2 Å². The van der Waals surface area contributed by atoms with Crippen LogP contribution in [0.15, 0.2) is 0 Å². The monoisotopic (exact) mass is 276 g/mol. The summed E-state index contributed by atoms with van der Waals surface area (Å²) in [6.45, 7) is 8.19. The van der Waals surface area contributed by atoms with E-state index in [9.17, 15) is 8.42 Å². The van der Waals surface area contributed by atoms with Crippen LogP contribution in [0, 0.1) is 5.92 Å². The predicted octanol–water partition coefficient (Wildman–Crippen LogP) is 1.83. The van der Waals surface area contributed by atoms with Gasteiger partial charge in [-0.15, -0.1) is 0 Å². The van der Waals surface area contributed by atoms with Gasteiger partial charge >= 0.3 is 0 Å². The molecule has 5 heteroatoms. The molecule has 0 aromatic rings. The van der Waals surface area contributed by atoms with Crippen LogP contribution < -0.4 is 5.32 Å². The largest absolute Gasteiger partial charge is 0.314 e. The fraction of sp³-hybridized carbons (Fsp3) is 1.00. The van der Waals surface area contributed by atoms with Crippen molar-refractivity contribution in [3.63, 3.8) is 0 Å². The fourth-order valence-corrected chi connectivity index (χ4v) is 3.72. The van der Waals surface area contributed by atoms with Crippen molar-refractivity contribution in [3.05, 3.63) is 0 Å². The molecule has 1 rings (SSSR count). The molecule has 1 saturated carbocycles. The van der Waals surface area contributed by atoms with Gasteiger partial charge in [0, 0.05) is 19.1 Å². The number of unbranched alkanes of at least 4 members (excludes halogenated alkanes) is 1. The number of sulfonamides is 1. The van der Waals surface area contributed by atoms with Crippen LogP contribution in [0.5, 0.6) is 0 Å². The third-order valence-corrected chi connectivity index (χ3v) is 5.15. The molecule has 0 atom stereocenters. The van der Waals surface area contributed by atoms with Crippen molar-refractivity contribution in [1.82, 2.24) is 9.62 Å². The Bertz CT molecular complexity index is 324. The van der Waals surface area contributed by atoms with E-state index in [0.29, 0.717) is 24.8 Å². The minimum Gasteiger partial charge on any atom is -0.314 e. The Morgan fingerprint density at radius 2 is 1.94 bits per heavy atom. The second-order valence-electron chi connectivity index (χ2n) is 5.60. The summed E-state index contributed by atoms with van der Waals surface area (Å²) < 4.78 is 25.8. The van der Waals surface area contributed by atoms with Gasteiger partial charge in [-0.3, -0.25) is 0 Å². The molecule has 0 unspecified atom stereocenters. The molecule has 0 aromatic heterocycles. The average Bonchev–Trinajstić information content (AvgIpc) is 3.08. The molecule has 0 aliphatic heterocycles. The second kappa shape index (κ2) is 7.46. The molecule has 0 aromatic carbocycles. The molecule has 0 heterocycles. The van der Waals surface area contributed by atoms with Crippen LogP contribution in [0.2, 0.25) is 0 Å². The summed E-state index contributed by atoms with van der Waals surface area (Å²) in [4.78, 5) is 0. The van der Waals surface area contributed by atoms with Gasteiger partial charge in [0.05, 0.1) is 5.75 Å². The molecule has 4 nitrogen and oxygen atoms in total. The van der Waals surface area contributed by atoms with Crippen molar-refractivity contribution < 1.29 is 8.42 Å². The van der Waals surface area contributed by atoms with Crippen molar-refractivity contribution in [2.45, 2.75) is 52.5 Å². The van der Waals surface area contributed by atoms with E-state index in [-0.39, 0.29) is 0 Å². The Balaban J connectivity index is 2.22. The molecule has 0 amide bonds. The van der Waals surface area contributed by atoms with E-state index in [0.717, 1.165) is 25.4 Å². The van der Waals surface area contributed by atoms with Gasteiger partial charge in [-0.25, -0.2) is 12.7 Å². The highest BCUT2D eigenvalue weighted by molar-refractivity contribution is 7.89. The number of hydrogen-bond acceptors (Lipinski definition) is 3. The number of nitrogens with one attached hydrogen (secondary N) is 1. The lowest BCUT2D eigenvalue weighted by Gasteiger charge is -2.22. The third kappa shape index (κ3) is 6.16. The van der Waals surface area contributed by atoms with Gasteiger partial charge < -0.3 is 5.32 Å². The first-order valence-corrected chi connectivity index (χ1v) is 8.77. The van der Waals surface area contributed by atoms with Crippen LogP contribution in [-0.2, 0) is 10.0 Å². The Hall–Kier alpha value is -0.130. The molecule has 1 N–H and O–H groups in total. The molecule has 0 radical (unpaired) electrons. The zero-order valence-electron chi connectivity index (χ0n) is 12.0. The van der Waals surface area contributed by atoms with Crippen LogP contribution in [0.25, 0.3) is 0 Å². The zero-order chi connectivity index (χ0) is 13.6. The first-order valence-electron chi connectivity index (χ1n) is 7.17. The molecule has 1 aliphatic rings. The van der Waals surface area contributed by atoms with Gasteiger partial charge in [-0.05, 0) is 38.1 Å². The molecular formula is C13H28N2O2S. The van der Waals surface area contributed by atoms with Crippen LogP contribution in [0.1, 0.15) is 46.5 Å². The quantitative estimate of drug-likeness (QED) is 0.619. The molecule has 0 spiro atoms. The zero-order valence-corrected chi connectivity index (χ0v) is 12.8. The minimum absolute atomic E-state index is 0.292. The van der Waals surface area contributed by atoms with Crippen LogP contribution in [0.3, 0.4) is 0 Å². The molecule has 108 valence electrons. The van der Waals surface area contributed by atoms with Crippen molar-refractivity contribution in [2.75, 3.05) is 25.4 Å². The first-order chi connectivity index (χ1) is 8.45. The van der Waals surface area contributed by atoms with Gasteiger partial charge in [0.1, 0.15) is 0 Å². The maximum absolute atomic E-state index is 12.1. The normalized spacial score (nSPS) is 16.7. The molecule has 18 heavy (non-hydrogen) atoms. The van der Waals surface area contributed by atoms with Gasteiger partial charge in [0.2, 0.25) is 10.0 Å². The van der Waals surface area contributed by atoms with Gasteiger partial charge in [0.25, 0.3) is 0 Å². The lowest BCUT2D eigenvalue weighted by Crippen LogP contribution is -2.35. The second-order valence-corrected chi connectivity index (χ2v) is 7.68. The average molecular weight is 276 g/mol. The highest BCUT2D eigenvalue weighted by atomic mass is 32.2. The SMILES string of the molecule is CCN(CC(C)C)S(=O)(=O)CCCCNC1CC1. The molecule has 1 aliphatic carbocycles. The highest BCUT2D eigenvalue weighted by Gasteiger charge is 2.21. The summed E-state index contributed by atoms with van der Waals surface area (Å²) in [5.41, 5.74) is 0. The summed E-state index contributed by atoms with van der Waals surface area (Å²) in [6.07, 6.45) is 4.29. The number of nitrogens with zero attached hydrogens (tertiary/aromatic N) is 1. The van der Waals surface area contributed by atoms with Crippen molar-refractivity contribution in [2.24, 2.45) is 5.92 Å². The van der Waals surface area contributed by atoms with E-state index >= 15 is 0 Å². The Morgan fingerprint density at radius 3 is 2.44 bits per heavy atom. The topological polar surface area (TPSA) is 49.4 Å². The van der Waals surface area contributed by atoms with E-state index < -0.39 is 10.0 Å². The molecule has 0 bridgehead atoms. The maximum atomic E-state index is 12.1. The predicted molar refractivity (Wildman–Crippen MR) is 76.1 cm³/mol. The maximum Gasteiger partial charge on any atom is 0.214 e. The third-order valence-electron chi connectivity index (χ3n) is 3.15. The van der Waals surface area contributed by atoms with Gasteiger partial charge in [-0.2, -0.15) is 0 Å². The van der Waals surface area contributed by atoms with Crippen molar-refractivity contribution in [3.8, 4) is 0 Å². The van der Waals surface area contributed by atoms with Crippen molar-refractivity contribution >= 4 is 10.0 Å². The first kappa shape index (κ1) is 15.9. The van der Waals surface area contributed by atoms with E-state index in [2.05, 4.69) is 19.2 Å². The molecule has 1 fully saturated rings. The lowest BCUT2D eigenvalue weighted by atomic mass is 10.2. The molecule has 0 saturated heterocycles. The van der Waals surface area contributed by atoms with E-state index in [1.165, 1.54) is 12.8 Å². The fourth-order valence-electron chi connectivity index (χ4n) is 1.98. The Morgan fingerprint density at radius 1 is 1.28 bits per heavy atom. The van der Waals surface area contributed by atoms with Crippen molar-refractivity contribution in [1.29, 1.82) is 0 Å². The minimum atomic E-state index is -3.05. The summed E-state index contributed by atoms with van der Waals surface area (Å²) >= 11 is 0. The standard InChI is InChI=1S/C13H28N2O2S/c1-4-15(11-12(2)3)18(16,17)10-6-5-9-14-13-7-8-13/h12-14H,4-11H2,1-3H3. The van der Waals surface area contributed by atoms with Crippen LogP contribution >= 0.6 is 0 Å². The van der Waals surface area contributed by atoms with Gasteiger partial charge in [-0.1, -0.05) is 20.8 Å². The van der Waals surface area contributed by atoms with E-state index in [1.54, 1.807) is 4.31 Å². The Kier molecular flexibility index (Phi) is 6.60. The highest BCUT2D eigenvalue weighted by Crippen LogP contribution is 2.18. The van der Waals surface area contributed by atoms with E-state index in [1.807, 2.05) is 6.92 Å². The smallest absolute Gasteiger partial charge is 0.214 e. The van der Waals surface area contributed by atoms with Crippen LogP contribution in [0.4, 0.5) is 0 Å². The summed E-state index contributed by atoms with van der Waals surface area (Å²) in [5.74, 6) is 0.677. The number of rotatable bonds is 10.